The first-order valence-corrected chi connectivity index (χ1v) is 10.2. The fraction of sp³-hybridized carbons (Fsp3) is 0.217. The number of nitrogens with one attached hydrogen (secondary N) is 1. The second kappa shape index (κ2) is 9.35. The quantitative estimate of drug-likeness (QED) is 0.415. The van der Waals surface area contributed by atoms with Gasteiger partial charge in [-0.05, 0) is 70.7 Å². The molecule has 3 nitrogen and oxygen atoms in total. The Morgan fingerprint density at radius 3 is 2.57 bits per heavy atom. The minimum atomic E-state index is 0.370. The molecule has 3 rings (SSSR count). The van der Waals surface area contributed by atoms with Gasteiger partial charge in [0.25, 0.3) is 0 Å². The van der Waals surface area contributed by atoms with Crippen LogP contribution in [0.3, 0.4) is 0 Å². The number of hydrogen-bond acceptors (Lipinski definition) is 3. The first-order valence-electron chi connectivity index (χ1n) is 9.01. The van der Waals surface area contributed by atoms with Gasteiger partial charge in [-0.1, -0.05) is 41.9 Å². The average molecular weight is 461 g/mol. The summed E-state index contributed by atoms with van der Waals surface area (Å²) in [5.41, 5.74) is 5.61. The van der Waals surface area contributed by atoms with E-state index < -0.39 is 0 Å². The maximum absolute atomic E-state index is 6.22. The summed E-state index contributed by atoms with van der Waals surface area (Å²) in [6.45, 7) is 5.25. The summed E-state index contributed by atoms with van der Waals surface area (Å²) in [6.07, 6.45) is 0. The highest BCUT2D eigenvalue weighted by atomic mass is 79.9. The molecule has 0 aliphatic rings. The summed E-state index contributed by atoms with van der Waals surface area (Å²) in [4.78, 5) is 0. The number of rotatable bonds is 7. The van der Waals surface area contributed by atoms with Crippen LogP contribution >= 0.6 is 27.5 Å². The van der Waals surface area contributed by atoms with E-state index in [0.29, 0.717) is 29.7 Å². The predicted octanol–water partition coefficient (Wildman–Crippen LogP) is 6.92. The van der Waals surface area contributed by atoms with Crippen LogP contribution in [0.5, 0.6) is 11.5 Å². The number of ether oxygens (including phenoxy) is 2. The molecule has 3 aromatic rings. The van der Waals surface area contributed by atoms with Crippen molar-refractivity contribution in [2.24, 2.45) is 0 Å². The van der Waals surface area contributed by atoms with Gasteiger partial charge in [0.15, 0.2) is 11.5 Å². The van der Waals surface area contributed by atoms with Crippen LogP contribution in [0.4, 0.5) is 5.69 Å². The Morgan fingerprint density at radius 1 is 1.04 bits per heavy atom. The molecule has 3 aromatic carbocycles. The highest BCUT2D eigenvalue weighted by molar-refractivity contribution is 9.10. The fourth-order valence-corrected chi connectivity index (χ4v) is 3.70. The Balaban J connectivity index is 1.75. The van der Waals surface area contributed by atoms with Gasteiger partial charge in [0, 0.05) is 22.8 Å². The van der Waals surface area contributed by atoms with Gasteiger partial charge in [0.2, 0.25) is 0 Å². The Labute approximate surface area is 179 Å². The highest BCUT2D eigenvalue weighted by Crippen LogP contribution is 2.37. The van der Waals surface area contributed by atoms with E-state index in [1.54, 1.807) is 7.11 Å². The van der Waals surface area contributed by atoms with E-state index in [1.807, 2.05) is 36.4 Å². The van der Waals surface area contributed by atoms with E-state index in [9.17, 15) is 0 Å². The van der Waals surface area contributed by atoms with Crippen LogP contribution in [0.1, 0.15) is 22.3 Å². The molecule has 0 atom stereocenters. The molecule has 0 saturated heterocycles. The SMILES string of the molecule is COc1cc(CNc2cc(C)ccc2C)cc(Br)c1OCc1ccccc1Cl. The second-order valence-corrected chi connectivity index (χ2v) is 7.92. The number of hydrogen-bond donors (Lipinski definition) is 1. The van der Waals surface area contributed by atoms with Gasteiger partial charge in [-0.15, -0.1) is 0 Å². The van der Waals surface area contributed by atoms with Gasteiger partial charge in [-0.2, -0.15) is 0 Å². The van der Waals surface area contributed by atoms with Crippen molar-refractivity contribution in [1.29, 1.82) is 0 Å². The number of benzene rings is 3. The predicted molar refractivity (Wildman–Crippen MR) is 120 cm³/mol. The van der Waals surface area contributed by atoms with E-state index in [2.05, 4.69) is 53.3 Å². The standard InChI is InChI=1S/C23H23BrClNO2/c1-15-8-9-16(2)21(10-15)26-13-17-11-19(24)23(22(12-17)27-3)28-14-18-6-4-5-7-20(18)25/h4-12,26H,13-14H2,1-3H3. The van der Waals surface area contributed by atoms with E-state index in [1.165, 1.54) is 11.1 Å². The molecule has 0 radical (unpaired) electrons. The molecule has 0 amide bonds. The molecule has 0 aromatic heterocycles. The van der Waals surface area contributed by atoms with E-state index in [0.717, 1.165) is 21.3 Å². The van der Waals surface area contributed by atoms with Crippen LogP contribution in [0, 0.1) is 13.8 Å². The summed E-state index contributed by atoms with van der Waals surface area (Å²) in [5, 5.41) is 4.19. The van der Waals surface area contributed by atoms with Crippen LogP contribution < -0.4 is 14.8 Å². The zero-order valence-electron chi connectivity index (χ0n) is 16.2. The summed E-state index contributed by atoms with van der Waals surface area (Å²) >= 11 is 9.84. The molecule has 0 spiro atoms. The topological polar surface area (TPSA) is 30.5 Å². The second-order valence-electron chi connectivity index (χ2n) is 6.66. The van der Waals surface area contributed by atoms with Gasteiger partial charge in [-0.3, -0.25) is 0 Å². The molecule has 5 heteroatoms. The summed E-state index contributed by atoms with van der Waals surface area (Å²) < 4.78 is 12.4. The van der Waals surface area contributed by atoms with E-state index in [4.69, 9.17) is 21.1 Å². The lowest BCUT2D eigenvalue weighted by molar-refractivity contribution is 0.282. The molecule has 0 saturated carbocycles. The normalized spacial score (nSPS) is 10.6. The summed E-state index contributed by atoms with van der Waals surface area (Å²) in [7, 11) is 1.64. The van der Waals surface area contributed by atoms with Crippen LogP contribution in [0.15, 0.2) is 59.1 Å². The smallest absolute Gasteiger partial charge is 0.175 e. The van der Waals surface area contributed by atoms with E-state index >= 15 is 0 Å². The van der Waals surface area contributed by atoms with Gasteiger partial charge >= 0.3 is 0 Å². The third kappa shape index (κ3) is 5.00. The van der Waals surface area contributed by atoms with Crippen molar-refractivity contribution in [3.63, 3.8) is 0 Å². The molecule has 146 valence electrons. The zero-order valence-corrected chi connectivity index (χ0v) is 18.5. The fourth-order valence-electron chi connectivity index (χ4n) is 2.90. The molecule has 28 heavy (non-hydrogen) atoms. The molecule has 1 N–H and O–H groups in total. The van der Waals surface area contributed by atoms with Gasteiger partial charge in [-0.25, -0.2) is 0 Å². The molecule has 0 unspecified atom stereocenters. The van der Waals surface area contributed by atoms with Gasteiger partial charge < -0.3 is 14.8 Å². The minimum Gasteiger partial charge on any atom is -0.493 e. The lowest BCUT2D eigenvalue weighted by Gasteiger charge is -2.16. The Bertz CT molecular complexity index is 975. The summed E-state index contributed by atoms with van der Waals surface area (Å²) in [5.74, 6) is 1.34. The Kier molecular flexibility index (Phi) is 6.87. The Hall–Kier alpha value is -2.17. The lowest BCUT2D eigenvalue weighted by atomic mass is 10.1. The minimum absolute atomic E-state index is 0.370. The maximum Gasteiger partial charge on any atom is 0.175 e. The molecule has 0 aliphatic carbocycles. The van der Waals surface area contributed by atoms with Crippen LogP contribution in [-0.4, -0.2) is 7.11 Å². The number of anilines is 1. The lowest BCUT2D eigenvalue weighted by Crippen LogP contribution is -2.04. The molecule has 0 fully saturated rings. The van der Waals surface area contributed by atoms with Crippen LogP contribution in [-0.2, 0) is 13.2 Å². The monoisotopic (exact) mass is 459 g/mol. The van der Waals surface area contributed by atoms with Crippen LogP contribution in [0.2, 0.25) is 5.02 Å². The van der Waals surface area contributed by atoms with Crippen molar-refractivity contribution < 1.29 is 9.47 Å². The summed E-state index contributed by atoms with van der Waals surface area (Å²) in [6, 6.07) is 18.1. The van der Waals surface area contributed by atoms with Crippen molar-refractivity contribution in [3.8, 4) is 11.5 Å². The number of aryl methyl sites for hydroxylation is 2. The maximum atomic E-state index is 6.22. The molecule has 0 bridgehead atoms. The van der Waals surface area contributed by atoms with Gasteiger partial charge in [0.1, 0.15) is 6.61 Å². The number of halogens is 2. The largest absolute Gasteiger partial charge is 0.493 e. The first kappa shape index (κ1) is 20.6. The average Bonchev–Trinajstić information content (AvgIpc) is 2.68. The highest BCUT2D eigenvalue weighted by Gasteiger charge is 2.13. The van der Waals surface area contributed by atoms with Crippen LogP contribution in [0.25, 0.3) is 0 Å². The first-order chi connectivity index (χ1) is 13.5. The van der Waals surface area contributed by atoms with E-state index in [-0.39, 0.29) is 0 Å². The van der Waals surface area contributed by atoms with Crippen molar-refractivity contribution in [2.75, 3.05) is 12.4 Å². The molecule has 0 aliphatic heterocycles. The van der Waals surface area contributed by atoms with Gasteiger partial charge in [0.05, 0.1) is 11.6 Å². The van der Waals surface area contributed by atoms with Crippen molar-refractivity contribution >= 4 is 33.2 Å². The third-order valence-corrected chi connectivity index (χ3v) is 5.45. The molecular weight excluding hydrogens is 438 g/mol. The van der Waals surface area contributed by atoms with Crippen molar-refractivity contribution in [3.05, 3.63) is 86.3 Å². The third-order valence-electron chi connectivity index (χ3n) is 4.50. The molecular formula is C23H23BrClNO2. The zero-order chi connectivity index (χ0) is 20.1. The van der Waals surface area contributed by atoms with Crippen molar-refractivity contribution in [1.82, 2.24) is 0 Å². The number of methoxy groups -OCH3 is 1. The van der Waals surface area contributed by atoms with Crippen molar-refractivity contribution in [2.45, 2.75) is 27.0 Å². The Morgan fingerprint density at radius 2 is 1.82 bits per heavy atom. The molecule has 0 heterocycles.